The van der Waals surface area contributed by atoms with Crippen molar-refractivity contribution in [2.45, 2.75) is 6.42 Å². The molecular weight excluding hydrogens is 251 g/mol. The van der Waals surface area contributed by atoms with Crippen LogP contribution in [0.2, 0.25) is 0 Å². The van der Waals surface area contributed by atoms with Gasteiger partial charge in [0.15, 0.2) is 0 Å². The van der Waals surface area contributed by atoms with Gasteiger partial charge in [0, 0.05) is 19.8 Å². The van der Waals surface area contributed by atoms with Gasteiger partial charge in [0.2, 0.25) is 0 Å². The fourth-order valence-electron chi connectivity index (χ4n) is 1.75. The number of nitrogens with zero attached hydrogens (tertiary/aromatic N) is 3. The Hall–Kier alpha value is -2.44. The lowest BCUT2D eigenvalue weighted by Crippen LogP contribution is -2.06. The first kappa shape index (κ1) is 13.0. The zero-order valence-corrected chi connectivity index (χ0v) is 10.3. The molecule has 0 aliphatic carbocycles. The number of aryl methyl sites for hydroxylation is 1. The quantitative estimate of drug-likeness (QED) is 0.663. The predicted molar refractivity (Wildman–Crippen MR) is 68.5 cm³/mol. The topological polar surface area (TPSA) is 73.0 Å². The number of hydrogen-bond donors (Lipinski definition) is 1. The highest BCUT2D eigenvalue weighted by Crippen LogP contribution is 2.24. The van der Waals surface area contributed by atoms with Crippen LogP contribution < -0.4 is 5.32 Å². The van der Waals surface area contributed by atoms with E-state index in [4.69, 9.17) is 0 Å². The summed E-state index contributed by atoms with van der Waals surface area (Å²) < 4.78 is 14.6. The summed E-state index contributed by atoms with van der Waals surface area (Å²) >= 11 is 0. The van der Waals surface area contributed by atoms with Gasteiger partial charge in [-0.1, -0.05) is 0 Å². The van der Waals surface area contributed by atoms with Crippen LogP contribution in [-0.4, -0.2) is 21.2 Å². The molecule has 6 nitrogen and oxygen atoms in total. The summed E-state index contributed by atoms with van der Waals surface area (Å²) in [6.45, 7) is 0.512. The van der Waals surface area contributed by atoms with Gasteiger partial charge in [0.05, 0.1) is 17.2 Å². The van der Waals surface area contributed by atoms with Crippen molar-refractivity contribution in [2.24, 2.45) is 7.05 Å². The van der Waals surface area contributed by atoms with Crippen LogP contribution in [0.15, 0.2) is 30.6 Å². The van der Waals surface area contributed by atoms with E-state index in [-0.39, 0.29) is 5.69 Å². The van der Waals surface area contributed by atoms with Gasteiger partial charge in [-0.05, 0) is 24.1 Å². The van der Waals surface area contributed by atoms with Crippen molar-refractivity contribution in [3.63, 3.8) is 0 Å². The molecule has 0 radical (unpaired) electrons. The number of nitro benzene ring substituents is 1. The van der Waals surface area contributed by atoms with Crippen LogP contribution in [0, 0.1) is 15.9 Å². The predicted octanol–water partition coefficient (Wildman–Crippen LogP) is 2.12. The maximum atomic E-state index is 13.0. The zero-order chi connectivity index (χ0) is 13.8. The first-order valence-electron chi connectivity index (χ1n) is 5.71. The lowest BCUT2D eigenvalue weighted by Gasteiger charge is -2.06. The molecule has 0 unspecified atom stereocenters. The number of anilines is 1. The maximum absolute atomic E-state index is 13.0. The number of hydrogen-bond acceptors (Lipinski definition) is 4. The van der Waals surface area contributed by atoms with Crippen LogP contribution in [0.5, 0.6) is 0 Å². The van der Waals surface area contributed by atoms with Crippen LogP contribution in [0.1, 0.15) is 5.56 Å². The number of rotatable bonds is 5. The Morgan fingerprint density at radius 1 is 1.53 bits per heavy atom. The second-order valence-corrected chi connectivity index (χ2v) is 4.12. The van der Waals surface area contributed by atoms with Gasteiger partial charge in [0.25, 0.3) is 5.69 Å². The molecule has 0 saturated heterocycles. The molecule has 0 amide bonds. The molecule has 0 atom stereocenters. The van der Waals surface area contributed by atoms with E-state index in [0.29, 0.717) is 18.7 Å². The van der Waals surface area contributed by atoms with Crippen LogP contribution >= 0.6 is 0 Å². The van der Waals surface area contributed by atoms with Crippen molar-refractivity contribution in [1.29, 1.82) is 0 Å². The van der Waals surface area contributed by atoms with E-state index in [1.807, 2.05) is 13.2 Å². The van der Waals surface area contributed by atoms with E-state index < -0.39 is 10.7 Å². The summed E-state index contributed by atoms with van der Waals surface area (Å²) in [5, 5.41) is 17.8. The van der Waals surface area contributed by atoms with Crippen molar-refractivity contribution < 1.29 is 9.31 Å². The molecular formula is C12H13FN4O2. The van der Waals surface area contributed by atoms with Crippen molar-refractivity contribution in [1.82, 2.24) is 9.78 Å². The minimum absolute atomic E-state index is 0.258. The SMILES string of the molecule is Cn1cc(CCNc2ccc(F)cc2[N+](=O)[O-])cn1. The van der Waals surface area contributed by atoms with Crippen LogP contribution in [0.25, 0.3) is 0 Å². The normalized spacial score (nSPS) is 10.4. The number of nitro groups is 1. The zero-order valence-electron chi connectivity index (χ0n) is 10.3. The fraction of sp³-hybridized carbons (Fsp3) is 0.250. The maximum Gasteiger partial charge on any atom is 0.295 e. The van der Waals surface area contributed by atoms with Gasteiger partial charge < -0.3 is 5.32 Å². The lowest BCUT2D eigenvalue weighted by atomic mass is 10.2. The fourth-order valence-corrected chi connectivity index (χ4v) is 1.75. The second-order valence-electron chi connectivity index (χ2n) is 4.12. The largest absolute Gasteiger partial charge is 0.379 e. The summed E-state index contributed by atoms with van der Waals surface area (Å²) in [5.41, 5.74) is 1.08. The van der Waals surface area contributed by atoms with E-state index in [0.717, 1.165) is 11.6 Å². The molecule has 2 rings (SSSR count). The lowest BCUT2D eigenvalue weighted by molar-refractivity contribution is -0.384. The van der Waals surface area contributed by atoms with Gasteiger partial charge in [0.1, 0.15) is 11.5 Å². The summed E-state index contributed by atoms with van der Waals surface area (Å²) in [5.74, 6) is -0.621. The van der Waals surface area contributed by atoms with Gasteiger partial charge >= 0.3 is 0 Å². The molecule has 1 aromatic carbocycles. The van der Waals surface area contributed by atoms with Gasteiger partial charge in [-0.3, -0.25) is 14.8 Å². The molecule has 0 spiro atoms. The first-order chi connectivity index (χ1) is 9.06. The van der Waals surface area contributed by atoms with Gasteiger partial charge in [-0.25, -0.2) is 4.39 Å². The Bertz CT molecular complexity index is 597. The third kappa shape index (κ3) is 3.27. The van der Waals surface area contributed by atoms with Crippen molar-refractivity contribution in [2.75, 3.05) is 11.9 Å². The summed E-state index contributed by atoms with van der Waals surface area (Å²) in [7, 11) is 1.82. The standard InChI is InChI=1S/C12H13FN4O2/c1-16-8-9(7-15-16)4-5-14-11-3-2-10(13)6-12(11)17(18)19/h2-3,6-8,14H,4-5H2,1H3. The molecule has 100 valence electrons. The summed E-state index contributed by atoms with van der Waals surface area (Å²) in [4.78, 5) is 10.2. The Kier molecular flexibility index (Phi) is 3.74. The Morgan fingerprint density at radius 2 is 2.32 bits per heavy atom. The van der Waals surface area contributed by atoms with Gasteiger partial charge in [-0.15, -0.1) is 0 Å². The van der Waals surface area contributed by atoms with Crippen molar-refractivity contribution >= 4 is 11.4 Å². The molecule has 0 fully saturated rings. The average molecular weight is 264 g/mol. The highest BCUT2D eigenvalue weighted by Gasteiger charge is 2.14. The monoisotopic (exact) mass is 264 g/mol. The van der Waals surface area contributed by atoms with E-state index >= 15 is 0 Å². The minimum atomic E-state index is -0.621. The molecule has 1 aromatic heterocycles. The average Bonchev–Trinajstić information content (AvgIpc) is 2.77. The number of halogens is 1. The molecule has 1 heterocycles. The Labute approximate surface area is 109 Å². The summed E-state index contributed by atoms with van der Waals surface area (Å²) in [6.07, 6.45) is 4.30. The highest BCUT2D eigenvalue weighted by atomic mass is 19.1. The molecule has 1 N–H and O–H groups in total. The van der Waals surface area contributed by atoms with Crippen molar-refractivity contribution in [3.05, 3.63) is 52.1 Å². The van der Waals surface area contributed by atoms with Crippen LogP contribution in [0.3, 0.4) is 0 Å². The number of aromatic nitrogens is 2. The molecule has 0 saturated carbocycles. The van der Waals surface area contributed by atoms with E-state index in [9.17, 15) is 14.5 Å². The van der Waals surface area contributed by atoms with Crippen molar-refractivity contribution in [3.8, 4) is 0 Å². The first-order valence-corrected chi connectivity index (χ1v) is 5.71. The third-order valence-corrected chi connectivity index (χ3v) is 2.64. The van der Waals surface area contributed by atoms with E-state index in [1.165, 1.54) is 12.1 Å². The Morgan fingerprint density at radius 3 is 2.95 bits per heavy atom. The Balaban J connectivity index is 2.01. The highest BCUT2D eigenvalue weighted by molar-refractivity contribution is 5.61. The molecule has 0 aliphatic heterocycles. The molecule has 7 heteroatoms. The van der Waals surface area contributed by atoms with Gasteiger partial charge in [-0.2, -0.15) is 5.10 Å². The third-order valence-electron chi connectivity index (χ3n) is 2.64. The van der Waals surface area contributed by atoms with E-state index in [1.54, 1.807) is 10.9 Å². The molecule has 19 heavy (non-hydrogen) atoms. The second kappa shape index (κ2) is 5.47. The number of nitrogens with one attached hydrogen (secondary N) is 1. The smallest absolute Gasteiger partial charge is 0.295 e. The molecule has 2 aromatic rings. The van der Waals surface area contributed by atoms with Crippen LogP contribution in [0.4, 0.5) is 15.8 Å². The minimum Gasteiger partial charge on any atom is -0.379 e. The molecule has 0 aliphatic rings. The van der Waals surface area contributed by atoms with Crippen LogP contribution in [-0.2, 0) is 13.5 Å². The molecule has 0 bridgehead atoms. The van der Waals surface area contributed by atoms with E-state index in [2.05, 4.69) is 10.4 Å². The summed E-state index contributed by atoms with van der Waals surface area (Å²) in [6, 6.07) is 3.47. The number of benzene rings is 1.